The third kappa shape index (κ3) is 3.43. The van der Waals surface area contributed by atoms with Gasteiger partial charge >= 0.3 is 0 Å². The van der Waals surface area contributed by atoms with E-state index in [1.165, 1.54) is 0 Å². The second-order valence-electron chi connectivity index (χ2n) is 4.12. The lowest BCUT2D eigenvalue weighted by Gasteiger charge is -2.07. The van der Waals surface area contributed by atoms with E-state index in [0.29, 0.717) is 16.1 Å². The van der Waals surface area contributed by atoms with E-state index < -0.39 is 10.0 Å². The molecule has 0 saturated heterocycles. The smallest absolute Gasteiger partial charge is 0.242 e. The highest BCUT2D eigenvalue weighted by Gasteiger charge is 2.18. The van der Waals surface area contributed by atoms with Gasteiger partial charge in [-0.25, -0.2) is 18.1 Å². The molecule has 0 aliphatic heterocycles. The van der Waals surface area contributed by atoms with Crippen molar-refractivity contribution >= 4 is 26.0 Å². The molecule has 0 aliphatic rings. The minimum atomic E-state index is -3.59. The summed E-state index contributed by atoms with van der Waals surface area (Å²) in [5.74, 6) is 0.982. The molecule has 0 aliphatic carbocycles. The van der Waals surface area contributed by atoms with E-state index in [1.807, 2.05) is 6.92 Å². The Morgan fingerprint density at radius 3 is 2.68 bits per heavy atom. The number of hydrogen-bond acceptors (Lipinski definition) is 4. The molecule has 0 unspecified atom stereocenters. The molecular formula is C12H13BrN2O3S. The molecule has 0 fully saturated rings. The summed E-state index contributed by atoms with van der Waals surface area (Å²) in [6.45, 7) is 3.67. The van der Waals surface area contributed by atoms with Crippen LogP contribution in [0.15, 0.2) is 38.2 Å². The summed E-state index contributed by atoms with van der Waals surface area (Å²) in [4.78, 5) is 4.14. The Labute approximate surface area is 120 Å². The van der Waals surface area contributed by atoms with Crippen LogP contribution in [0, 0.1) is 13.8 Å². The molecule has 0 spiro atoms. The van der Waals surface area contributed by atoms with E-state index in [4.69, 9.17) is 4.42 Å². The number of nitrogens with one attached hydrogen (secondary N) is 1. The molecule has 1 heterocycles. The summed E-state index contributed by atoms with van der Waals surface area (Å²) in [5, 5.41) is 0. The number of benzene rings is 1. The fraction of sp³-hybridized carbons (Fsp3) is 0.250. The largest absolute Gasteiger partial charge is 0.445 e. The van der Waals surface area contributed by atoms with Crippen molar-refractivity contribution in [2.45, 2.75) is 25.3 Å². The monoisotopic (exact) mass is 344 g/mol. The van der Waals surface area contributed by atoms with Crippen LogP contribution in [0.5, 0.6) is 0 Å². The molecule has 0 radical (unpaired) electrons. The summed E-state index contributed by atoms with van der Waals surface area (Å²) in [5.41, 5.74) is 0.981. The first-order valence-corrected chi connectivity index (χ1v) is 7.83. The molecule has 0 bridgehead atoms. The van der Waals surface area contributed by atoms with Gasteiger partial charge in [-0.05, 0) is 47.5 Å². The van der Waals surface area contributed by atoms with Crippen molar-refractivity contribution in [2.75, 3.05) is 0 Å². The first-order valence-electron chi connectivity index (χ1n) is 5.55. The number of oxazole rings is 1. The zero-order chi connectivity index (χ0) is 14.0. The number of aryl methyl sites for hydroxylation is 2. The van der Waals surface area contributed by atoms with Crippen molar-refractivity contribution in [3.63, 3.8) is 0 Å². The summed E-state index contributed by atoms with van der Waals surface area (Å²) >= 11 is 3.26. The van der Waals surface area contributed by atoms with Crippen LogP contribution in [-0.4, -0.2) is 13.4 Å². The van der Waals surface area contributed by atoms with Crippen LogP contribution in [0.1, 0.15) is 17.2 Å². The van der Waals surface area contributed by atoms with E-state index in [1.54, 1.807) is 31.3 Å². The van der Waals surface area contributed by atoms with Crippen molar-refractivity contribution in [2.24, 2.45) is 0 Å². The zero-order valence-corrected chi connectivity index (χ0v) is 12.9. The molecule has 1 aromatic heterocycles. The van der Waals surface area contributed by atoms with Gasteiger partial charge in [-0.2, -0.15) is 0 Å². The molecule has 0 amide bonds. The topological polar surface area (TPSA) is 72.2 Å². The van der Waals surface area contributed by atoms with Gasteiger partial charge in [-0.15, -0.1) is 0 Å². The average Bonchev–Trinajstić information content (AvgIpc) is 2.72. The molecular weight excluding hydrogens is 332 g/mol. The van der Waals surface area contributed by atoms with Crippen molar-refractivity contribution in [3.05, 3.63) is 46.1 Å². The lowest BCUT2D eigenvalue weighted by atomic mass is 10.2. The van der Waals surface area contributed by atoms with Crippen LogP contribution in [0.2, 0.25) is 0 Å². The average molecular weight is 345 g/mol. The van der Waals surface area contributed by atoms with Gasteiger partial charge in [0.05, 0.1) is 17.6 Å². The van der Waals surface area contributed by atoms with Crippen LogP contribution in [0.3, 0.4) is 0 Å². The van der Waals surface area contributed by atoms with Gasteiger partial charge in [0.15, 0.2) is 0 Å². The fourth-order valence-electron chi connectivity index (χ4n) is 1.54. The molecule has 2 rings (SSSR count). The molecule has 19 heavy (non-hydrogen) atoms. The van der Waals surface area contributed by atoms with Crippen LogP contribution in [-0.2, 0) is 16.6 Å². The van der Waals surface area contributed by atoms with E-state index in [9.17, 15) is 8.42 Å². The Hall–Kier alpha value is -1.18. The van der Waals surface area contributed by atoms with Crippen LogP contribution >= 0.6 is 15.9 Å². The first kappa shape index (κ1) is 14.2. The highest BCUT2D eigenvalue weighted by molar-refractivity contribution is 9.10. The molecule has 5 nitrogen and oxygen atoms in total. The lowest BCUT2D eigenvalue weighted by molar-refractivity contribution is 0.463. The number of aromatic nitrogens is 1. The number of rotatable bonds is 4. The Morgan fingerprint density at radius 1 is 1.37 bits per heavy atom. The minimum Gasteiger partial charge on any atom is -0.445 e. The van der Waals surface area contributed by atoms with E-state index in [2.05, 4.69) is 25.6 Å². The Bertz CT molecular complexity index is 695. The molecule has 102 valence electrons. The third-order valence-corrected chi connectivity index (χ3v) is 4.84. The number of sulfonamides is 1. The number of nitrogens with zero attached hydrogens (tertiary/aromatic N) is 1. The highest BCUT2D eigenvalue weighted by atomic mass is 79.9. The minimum absolute atomic E-state index is 0.0243. The van der Waals surface area contributed by atoms with Gasteiger partial charge in [0, 0.05) is 4.47 Å². The fourth-order valence-corrected chi connectivity index (χ4v) is 3.71. The Balaban J connectivity index is 2.18. The lowest BCUT2D eigenvalue weighted by Crippen LogP contribution is -2.23. The summed E-state index contributed by atoms with van der Waals surface area (Å²) in [6, 6.07) is 5.06. The van der Waals surface area contributed by atoms with Crippen molar-refractivity contribution in [1.29, 1.82) is 0 Å². The maximum absolute atomic E-state index is 12.1. The second kappa shape index (κ2) is 5.44. The van der Waals surface area contributed by atoms with Crippen molar-refractivity contribution in [3.8, 4) is 0 Å². The maximum Gasteiger partial charge on any atom is 0.242 e. The third-order valence-electron chi connectivity index (χ3n) is 2.46. The number of hydrogen-bond donors (Lipinski definition) is 1. The molecule has 7 heteroatoms. The Kier molecular flexibility index (Phi) is 4.07. The van der Waals surface area contributed by atoms with Gasteiger partial charge in [0.1, 0.15) is 5.76 Å². The van der Waals surface area contributed by atoms with Gasteiger partial charge in [-0.1, -0.05) is 6.07 Å². The van der Waals surface area contributed by atoms with Gasteiger partial charge in [0.2, 0.25) is 15.9 Å². The summed E-state index contributed by atoms with van der Waals surface area (Å²) in [7, 11) is -3.59. The highest BCUT2D eigenvalue weighted by Crippen LogP contribution is 2.23. The van der Waals surface area contributed by atoms with Crippen LogP contribution < -0.4 is 4.72 Å². The molecule has 0 saturated carbocycles. The maximum atomic E-state index is 12.1. The van der Waals surface area contributed by atoms with E-state index >= 15 is 0 Å². The predicted octanol–water partition coefficient (Wildman–Crippen LogP) is 2.53. The van der Waals surface area contributed by atoms with Gasteiger partial charge in [0.25, 0.3) is 0 Å². The van der Waals surface area contributed by atoms with Gasteiger partial charge in [-0.3, -0.25) is 0 Å². The van der Waals surface area contributed by atoms with Crippen molar-refractivity contribution in [1.82, 2.24) is 9.71 Å². The van der Waals surface area contributed by atoms with E-state index in [-0.39, 0.29) is 11.4 Å². The molecule has 1 N–H and O–H groups in total. The SMILES string of the molecule is Cc1ccc(S(=O)(=O)NCc2ncc(C)o2)c(Br)c1. The summed E-state index contributed by atoms with van der Waals surface area (Å²) in [6.07, 6.45) is 1.55. The standard InChI is InChI=1S/C12H13BrN2O3S/c1-8-3-4-11(10(13)5-8)19(16,17)15-7-12-14-6-9(2)18-12/h3-6,15H,7H2,1-2H3. The van der Waals surface area contributed by atoms with Gasteiger partial charge < -0.3 is 4.42 Å². The van der Waals surface area contributed by atoms with Crippen LogP contribution in [0.25, 0.3) is 0 Å². The zero-order valence-electron chi connectivity index (χ0n) is 10.5. The van der Waals surface area contributed by atoms with E-state index in [0.717, 1.165) is 5.56 Å². The predicted molar refractivity (Wildman–Crippen MR) is 74.1 cm³/mol. The molecule has 0 atom stereocenters. The van der Waals surface area contributed by atoms with Crippen LogP contribution in [0.4, 0.5) is 0 Å². The normalized spacial score (nSPS) is 11.7. The van der Waals surface area contributed by atoms with Crippen molar-refractivity contribution < 1.29 is 12.8 Å². The first-order chi connectivity index (χ1) is 8.88. The Morgan fingerprint density at radius 2 is 2.11 bits per heavy atom. The quantitative estimate of drug-likeness (QED) is 0.924. The molecule has 2 aromatic rings. The number of halogens is 1. The molecule has 1 aromatic carbocycles. The second-order valence-corrected chi connectivity index (χ2v) is 6.71. The summed E-state index contributed by atoms with van der Waals surface area (Å²) < 4.78 is 32.5.